The van der Waals surface area contributed by atoms with Gasteiger partial charge in [0.15, 0.2) is 0 Å². The zero-order chi connectivity index (χ0) is 20.2. The lowest BCUT2D eigenvalue weighted by Gasteiger charge is -2.36. The van der Waals surface area contributed by atoms with Crippen LogP contribution in [0, 0.1) is 13.8 Å². The minimum absolute atomic E-state index is 0.582. The Kier molecular flexibility index (Phi) is 5.81. The Bertz CT molecular complexity index is 961. The second-order valence-corrected chi connectivity index (χ2v) is 7.42. The summed E-state index contributed by atoms with van der Waals surface area (Å²) in [5, 5.41) is 4.18. The van der Waals surface area contributed by atoms with Crippen LogP contribution in [0.15, 0.2) is 47.0 Å². The van der Waals surface area contributed by atoms with Crippen molar-refractivity contribution in [2.75, 3.05) is 37.7 Å². The summed E-state index contributed by atoms with van der Waals surface area (Å²) >= 11 is 0. The number of aromatic nitrogens is 2. The number of ether oxygens (including phenoxy) is 1. The van der Waals surface area contributed by atoms with Crippen molar-refractivity contribution in [3.8, 4) is 17.1 Å². The first-order chi connectivity index (χ1) is 14.2. The normalized spacial score (nSPS) is 14.9. The first-order valence-electron chi connectivity index (χ1n) is 10.2. The molecule has 0 saturated carbocycles. The molecule has 29 heavy (non-hydrogen) atoms. The Morgan fingerprint density at radius 1 is 1.00 bits per heavy atom. The monoisotopic (exact) mass is 392 g/mol. The first-order valence-corrected chi connectivity index (χ1v) is 10.2. The highest BCUT2D eigenvalue weighted by Crippen LogP contribution is 2.28. The molecular formula is C23H28N4O2. The maximum absolute atomic E-state index is 5.68. The summed E-state index contributed by atoms with van der Waals surface area (Å²) in [7, 11) is 0. The standard InChI is InChI=1S/C23H28N4O2/c1-4-28-21-11-6-5-9-19(21)23-24-22(29-25-23)16-26-12-14-27(15-13-26)20-10-7-8-17(2)18(20)3/h5-11H,4,12-16H2,1-3H3. The van der Waals surface area contributed by atoms with Crippen molar-refractivity contribution in [1.82, 2.24) is 15.0 Å². The van der Waals surface area contributed by atoms with Gasteiger partial charge in [-0.1, -0.05) is 29.4 Å². The van der Waals surface area contributed by atoms with Crippen LogP contribution in [0.2, 0.25) is 0 Å². The van der Waals surface area contributed by atoms with Crippen molar-refractivity contribution in [1.29, 1.82) is 0 Å². The molecule has 0 spiro atoms. The van der Waals surface area contributed by atoms with E-state index >= 15 is 0 Å². The molecule has 6 heteroatoms. The second-order valence-electron chi connectivity index (χ2n) is 7.42. The summed E-state index contributed by atoms with van der Waals surface area (Å²) in [4.78, 5) is 9.44. The number of aryl methyl sites for hydroxylation is 1. The van der Waals surface area contributed by atoms with Gasteiger partial charge in [-0.25, -0.2) is 0 Å². The molecule has 1 fully saturated rings. The number of hydrogen-bond acceptors (Lipinski definition) is 6. The van der Waals surface area contributed by atoms with Crippen LogP contribution in [0.1, 0.15) is 23.9 Å². The molecular weight excluding hydrogens is 364 g/mol. The summed E-state index contributed by atoms with van der Waals surface area (Å²) in [5.74, 6) is 2.01. The first kappa shape index (κ1) is 19.5. The summed E-state index contributed by atoms with van der Waals surface area (Å²) in [6.45, 7) is 11.6. The average molecular weight is 393 g/mol. The Balaban J connectivity index is 1.39. The van der Waals surface area contributed by atoms with Gasteiger partial charge in [0.25, 0.3) is 0 Å². The predicted molar refractivity (Wildman–Crippen MR) is 114 cm³/mol. The van der Waals surface area contributed by atoms with Gasteiger partial charge in [-0.3, -0.25) is 4.90 Å². The minimum atomic E-state index is 0.582. The van der Waals surface area contributed by atoms with Crippen molar-refractivity contribution in [3.05, 3.63) is 59.5 Å². The van der Waals surface area contributed by atoms with Crippen LogP contribution in [0.4, 0.5) is 5.69 Å². The quantitative estimate of drug-likeness (QED) is 0.630. The number of para-hydroxylation sites is 1. The summed E-state index contributed by atoms with van der Waals surface area (Å²) < 4.78 is 11.2. The van der Waals surface area contributed by atoms with Crippen molar-refractivity contribution >= 4 is 5.69 Å². The molecule has 2 aromatic carbocycles. The predicted octanol–water partition coefficient (Wildman–Crippen LogP) is 4.07. The molecule has 1 aliphatic rings. The molecule has 1 saturated heterocycles. The molecule has 3 aromatic rings. The molecule has 152 valence electrons. The molecule has 0 radical (unpaired) electrons. The third kappa shape index (κ3) is 4.27. The highest BCUT2D eigenvalue weighted by Gasteiger charge is 2.21. The van der Waals surface area contributed by atoms with Crippen LogP contribution in [0.25, 0.3) is 11.4 Å². The van der Waals surface area contributed by atoms with E-state index in [0.29, 0.717) is 24.9 Å². The highest BCUT2D eigenvalue weighted by molar-refractivity contribution is 5.63. The smallest absolute Gasteiger partial charge is 0.241 e. The number of hydrogen-bond donors (Lipinski definition) is 0. The van der Waals surface area contributed by atoms with E-state index in [4.69, 9.17) is 9.26 Å². The molecule has 0 atom stereocenters. The largest absolute Gasteiger partial charge is 0.493 e. The van der Waals surface area contributed by atoms with Crippen LogP contribution in [-0.4, -0.2) is 47.8 Å². The molecule has 0 unspecified atom stereocenters. The van der Waals surface area contributed by atoms with Gasteiger partial charge in [0.05, 0.1) is 18.7 Å². The molecule has 0 bridgehead atoms. The van der Waals surface area contributed by atoms with E-state index in [1.165, 1.54) is 16.8 Å². The van der Waals surface area contributed by atoms with Gasteiger partial charge in [-0.2, -0.15) is 4.98 Å². The lowest BCUT2D eigenvalue weighted by molar-refractivity contribution is 0.215. The lowest BCUT2D eigenvalue weighted by Crippen LogP contribution is -2.46. The van der Waals surface area contributed by atoms with Crippen LogP contribution < -0.4 is 9.64 Å². The average Bonchev–Trinajstić information content (AvgIpc) is 3.20. The van der Waals surface area contributed by atoms with Crippen molar-refractivity contribution in [2.24, 2.45) is 0 Å². The van der Waals surface area contributed by atoms with E-state index in [1.54, 1.807) is 0 Å². The van der Waals surface area contributed by atoms with Gasteiger partial charge in [0, 0.05) is 31.9 Å². The van der Waals surface area contributed by atoms with Gasteiger partial charge in [-0.05, 0) is 50.1 Å². The van der Waals surface area contributed by atoms with E-state index in [2.05, 4.69) is 52.0 Å². The second kappa shape index (κ2) is 8.66. The summed E-state index contributed by atoms with van der Waals surface area (Å²) in [6, 6.07) is 14.3. The zero-order valence-corrected chi connectivity index (χ0v) is 17.4. The van der Waals surface area contributed by atoms with Crippen molar-refractivity contribution < 1.29 is 9.26 Å². The Morgan fingerprint density at radius 2 is 1.79 bits per heavy atom. The third-order valence-electron chi connectivity index (χ3n) is 5.54. The maximum atomic E-state index is 5.68. The van der Waals surface area contributed by atoms with Gasteiger partial charge in [0.2, 0.25) is 11.7 Å². The SMILES string of the molecule is CCOc1ccccc1-c1noc(CN2CCN(c3cccc(C)c3C)CC2)n1. The molecule has 4 rings (SSSR count). The van der Waals surface area contributed by atoms with E-state index in [1.807, 2.05) is 31.2 Å². The summed E-state index contributed by atoms with van der Waals surface area (Å²) in [5.41, 5.74) is 4.92. The Labute approximate surface area is 172 Å². The fraction of sp³-hybridized carbons (Fsp3) is 0.391. The van der Waals surface area contributed by atoms with Crippen LogP contribution in [0.5, 0.6) is 5.75 Å². The number of nitrogens with zero attached hydrogens (tertiary/aromatic N) is 4. The Hall–Kier alpha value is -2.86. The third-order valence-corrected chi connectivity index (χ3v) is 5.54. The molecule has 1 aliphatic heterocycles. The molecule has 2 heterocycles. The summed E-state index contributed by atoms with van der Waals surface area (Å²) in [6.07, 6.45) is 0. The highest BCUT2D eigenvalue weighted by atomic mass is 16.5. The number of benzene rings is 2. The number of anilines is 1. The fourth-order valence-corrected chi connectivity index (χ4v) is 3.78. The van der Waals surface area contributed by atoms with E-state index < -0.39 is 0 Å². The molecule has 0 aliphatic carbocycles. The van der Waals surface area contributed by atoms with Crippen molar-refractivity contribution in [2.45, 2.75) is 27.3 Å². The maximum Gasteiger partial charge on any atom is 0.241 e. The van der Waals surface area contributed by atoms with Crippen LogP contribution in [0.3, 0.4) is 0 Å². The fourth-order valence-electron chi connectivity index (χ4n) is 3.78. The molecule has 0 amide bonds. The molecule has 1 aromatic heterocycles. The number of piperazine rings is 1. The molecule has 0 N–H and O–H groups in total. The van der Waals surface area contributed by atoms with E-state index in [9.17, 15) is 0 Å². The zero-order valence-electron chi connectivity index (χ0n) is 17.4. The van der Waals surface area contributed by atoms with E-state index in [0.717, 1.165) is 37.5 Å². The van der Waals surface area contributed by atoms with Gasteiger partial charge in [-0.15, -0.1) is 0 Å². The van der Waals surface area contributed by atoms with Gasteiger partial charge < -0.3 is 14.2 Å². The van der Waals surface area contributed by atoms with Crippen LogP contribution >= 0.6 is 0 Å². The minimum Gasteiger partial charge on any atom is -0.493 e. The number of rotatable bonds is 6. The molecule has 6 nitrogen and oxygen atoms in total. The topological polar surface area (TPSA) is 54.6 Å². The van der Waals surface area contributed by atoms with Gasteiger partial charge >= 0.3 is 0 Å². The van der Waals surface area contributed by atoms with Crippen molar-refractivity contribution in [3.63, 3.8) is 0 Å². The Morgan fingerprint density at radius 3 is 2.59 bits per heavy atom. The van der Waals surface area contributed by atoms with Gasteiger partial charge in [0.1, 0.15) is 5.75 Å². The van der Waals surface area contributed by atoms with Crippen LogP contribution in [-0.2, 0) is 6.54 Å². The lowest BCUT2D eigenvalue weighted by atomic mass is 10.1. The van der Waals surface area contributed by atoms with E-state index in [-0.39, 0.29) is 0 Å².